The molecule has 1 N–H and O–H groups in total. The van der Waals surface area contributed by atoms with E-state index in [0.717, 1.165) is 75.5 Å². The van der Waals surface area contributed by atoms with E-state index in [1.807, 2.05) is 237 Å². The molecule has 0 radical (unpaired) electrons. The molecule has 0 saturated carbocycles. The summed E-state index contributed by atoms with van der Waals surface area (Å²) in [4.78, 5) is 42.9. The minimum absolute atomic E-state index is 0.172. The average molecular weight is 1400 g/mol. The van der Waals surface area contributed by atoms with Gasteiger partial charge in [0.25, 0.3) is 11.8 Å². The second kappa shape index (κ2) is 70.6. The number of hydrogen-bond donors (Lipinski definition) is 1. The van der Waals surface area contributed by atoms with Crippen molar-refractivity contribution >= 4 is 11.8 Å². The standard InChI is InChI=1S/2C11H13NO.6C6H9NO.C5H9N3.9C2H6/c2*1-8(2)12-7-9-5-3-4-6-10(9)11(12)13;1-5(2)6-3-8-4-7-6;1-5(2)6-3-7-4-8-6;1-5(2)6-3-7-8-4-6;1-5(2)6-7-3-4-8-6;1-5(2)6-3-4-8-7-6;1-5(2)6-3-4-7-8-6;1-4(2)5-6-3-7-8-5;9*1-2/h2*3-6,8H,7H2,1-2H3;6*3-5H,1-2H3;3-4H,1-2H3,(H,6,7,8);9*1-2H3. The van der Waals surface area contributed by atoms with Crippen LogP contribution in [0.5, 0.6) is 0 Å². The highest BCUT2D eigenvalue weighted by Gasteiger charge is 2.29. The van der Waals surface area contributed by atoms with Gasteiger partial charge < -0.3 is 36.6 Å². The van der Waals surface area contributed by atoms with Crippen LogP contribution < -0.4 is 0 Å². The molecule has 0 bridgehead atoms. The number of rotatable bonds is 9. The van der Waals surface area contributed by atoms with Crippen LogP contribution in [0.1, 0.15) is 363 Å². The van der Waals surface area contributed by atoms with E-state index in [2.05, 4.69) is 138 Å². The van der Waals surface area contributed by atoms with Gasteiger partial charge in [-0.3, -0.25) is 14.7 Å². The Morgan fingerprint density at radius 3 is 1.14 bits per heavy atom. The third-order valence-electron chi connectivity index (χ3n) is 12.1. The molecule has 9 heterocycles. The Labute approximate surface area is 608 Å². The highest BCUT2D eigenvalue weighted by Crippen LogP contribution is 2.25. The van der Waals surface area contributed by atoms with Crippen LogP contribution in [-0.4, -0.2) is 79.3 Å². The molecule has 2 aliphatic heterocycles. The second-order valence-electron chi connectivity index (χ2n) is 21.8. The van der Waals surface area contributed by atoms with E-state index in [0.29, 0.717) is 53.5 Å². The molecule has 11 rings (SSSR count). The number of oxazole rings is 3. The third kappa shape index (κ3) is 46.9. The Hall–Kier alpha value is -8.22. The number of carbonyl (C=O) groups excluding carboxylic acids is 2. The number of carbonyl (C=O) groups is 2. The first-order valence-electron chi connectivity index (χ1n) is 37.0. The van der Waals surface area contributed by atoms with Gasteiger partial charge in [0.15, 0.2) is 18.7 Å². The Morgan fingerprint density at radius 2 is 0.920 bits per heavy atom. The minimum Gasteiger partial charge on any atom is -0.451 e. The number of amides is 2. The summed E-state index contributed by atoms with van der Waals surface area (Å²) in [6.45, 7) is 74.8. The number of fused-ring (bicyclic) bond motifs is 2. The molecule has 19 heteroatoms. The lowest BCUT2D eigenvalue weighted by Crippen LogP contribution is -2.30. The van der Waals surface area contributed by atoms with Crippen LogP contribution in [0.15, 0.2) is 156 Å². The van der Waals surface area contributed by atoms with Gasteiger partial charge in [0.05, 0.1) is 36.2 Å². The normalized spacial score (nSPS) is 10.3. The smallest absolute Gasteiger partial charge is 0.254 e. The zero-order valence-corrected chi connectivity index (χ0v) is 69.5. The molecule has 0 spiro atoms. The highest BCUT2D eigenvalue weighted by molar-refractivity contribution is 5.99. The lowest BCUT2D eigenvalue weighted by Gasteiger charge is -2.19. The zero-order chi connectivity index (χ0) is 78.7. The first-order chi connectivity index (χ1) is 48.0. The predicted octanol–water partition coefficient (Wildman–Crippen LogP) is 25.1. The van der Waals surface area contributed by atoms with Crippen molar-refractivity contribution in [1.29, 1.82) is 0 Å². The van der Waals surface area contributed by atoms with Gasteiger partial charge in [-0.15, -0.1) is 0 Å². The van der Waals surface area contributed by atoms with Crippen LogP contribution in [-0.2, 0) is 13.1 Å². The van der Waals surface area contributed by atoms with Gasteiger partial charge in [-0.25, -0.2) is 19.9 Å². The fourth-order valence-corrected chi connectivity index (χ4v) is 6.96. The van der Waals surface area contributed by atoms with Gasteiger partial charge in [-0.2, -0.15) is 5.10 Å². The number of hydrogen-bond acceptors (Lipinski definition) is 16. The summed E-state index contributed by atoms with van der Waals surface area (Å²) >= 11 is 0. The summed E-state index contributed by atoms with van der Waals surface area (Å²) in [5.41, 5.74) is 7.25. The molecule has 0 aliphatic carbocycles. The first-order valence-corrected chi connectivity index (χ1v) is 37.0. The van der Waals surface area contributed by atoms with Crippen molar-refractivity contribution in [2.75, 3.05) is 0 Å². The van der Waals surface area contributed by atoms with Gasteiger partial charge in [0, 0.05) is 77.7 Å². The summed E-state index contributed by atoms with van der Waals surface area (Å²) in [5, 5.41) is 17.4. The van der Waals surface area contributed by atoms with Crippen molar-refractivity contribution < 1.29 is 36.4 Å². The molecule has 2 aromatic carbocycles. The summed E-state index contributed by atoms with van der Waals surface area (Å²) in [6, 6.07) is 20.0. The lowest BCUT2D eigenvalue weighted by atomic mass is 10.1. The molecule has 19 nitrogen and oxygen atoms in total. The highest BCUT2D eigenvalue weighted by atomic mass is 16.5. The van der Waals surface area contributed by atoms with Crippen LogP contribution in [0.2, 0.25) is 0 Å². The molecule has 9 aromatic rings. The molecular weight excluding hydrogens is 1250 g/mol. The Bertz CT molecular complexity index is 2520. The van der Waals surface area contributed by atoms with Gasteiger partial charge in [-0.05, 0) is 68.7 Å². The van der Waals surface area contributed by atoms with E-state index in [-0.39, 0.29) is 11.8 Å². The molecule has 0 atom stereocenters. The van der Waals surface area contributed by atoms with Crippen LogP contribution in [0.3, 0.4) is 0 Å². The summed E-state index contributed by atoms with van der Waals surface area (Å²) in [7, 11) is 0. The monoisotopic (exact) mass is 1400 g/mol. The number of nitrogens with one attached hydrogen (secondary N) is 1. The molecule has 100 heavy (non-hydrogen) atoms. The quantitative estimate of drug-likeness (QED) is 0.141. The third-order valence-corrected chi connectivity index (χ3v) is 12.1. The molecule has 7 aromatic heterocycles. The molecule has 0 saturated heterocycles. The Kier molecular flexibility index (Phi) is 74.3. The average Bonchev–Trinajstić information content (AvgIpc) is 1.67. The van der Waals surface area contributed by atoms with E-state index in [1.165, 1.54) is 19.1 Å². The van der Waals surface area contributed by atoms with Crippen molar-refractivity contribution in [3.05, 3.63) is 192 Å². The van der Waals surface area contributed by atoms with Gasteiger partial charge in [0.1, 0.15) is 48.7 Å². The minimum atomic E-state index is 0.172. The topological polar surface area (TPSA) is 238 Å². The van der Waals surface area contributed by atoms with Crippen LogP contribution in [0.25, 0.3) is 0 Å². The maximum Gasteiger partial charge on any atom is 0.254 e. The number of H-pyrrole nitrogens is 1. The number of aromatic amines is 1. The Morgan fingerprint density at radius 1 is 0.430 bits per heavy atom. The Balaban J connectivity index is -0.000000190. The van der Waals surface area contributed by atoms with Crippen molar-refractivity contribution in [3.8, 4) is 0 Å². The molecular formula is C81H143N11O8. The molecule has 570 valence electrons. The van der Waals surface area contributed by atoms with Crippen molar-refractivity contribution in [2.24, 2.45) is 0 Å². The number of aromatic nitrogens is 9. The second-order valence-corrected chi connectivity index (χ2v) is 21.8. The first kappa shape index (κ1) is 105. The SMILES string of the molecule is CC.CC.CC.CC.CC.CC.CC.CC.CC.CC(C)N1Cc2ccccc2C1=O.CC(C)N1Cc2ccccc2C1=O.CC(C)c1ccno1.CC(C)c1ccon1.CC(C)c1cnco1.CC(C)c1cnoc1.CC(C)c1cocn1.CC(C)c1ncco1.CC(C)c1ncn[nH]1. The maximum atomic E-state index is 11.8. The van der Waals surface area contributed by atoms with E-state index < -0.39 is 0 Å². The van der Waals surface area contributed by atoms with Crippen LogP contribution in [0.4, 0.5) is 0 Å². The van der Waals surface area contributed by atoms with E-state index >= 15 is 0 Å². The van der Waals surface area contributed by atoms with Crippen LogP contribution in [0, 0.1) is 0 Å². The predicted molar refractivity (Wildman–Crippen MR) is 419 cm³/mol. The molecule has 2 amide bonds. The fraction of sp³-hybridized carbons (Fsp3) is 0.580. The molecule has 2 aliphatic rings. The largest absolute Gasteiger partial charge is 0.451 e. The van der Waals surface area contributed by atoms with Gasteiger partial charge >= 0.3 is 0 Å². The summed E-state index contributed by atoms with van der Waals surface area (Å²) in [5.74, 6) is 7.27. The van der Waals surface area contributed by atoms with Crippen LogP contribution >= 0.6 is 0 Å². The van der Waals surface area contributed by atoms with E-state index in [4.69, 9.17) is 17.8 Å². The lowest BCUT2D eigenvalue weighted by molar-refractivity contribution is 0.0722. The number of benzene rings is 2. The summed E-state index contributed by atoms with van der Waals surface area (Å²) in [6.07, 6.45) is 17.8. The molecule has 0 fully saturated rings. The maximum absolute atomic E-state index is 11.8. The fourth-order valence-electron chi connectivity index (χ4n) is 6.96. The van der Waals surface area contributed by atoms with E-state index in [9.17, 15) is 9.59 Å². The number of nitrogens with zero attached hydrogens (tertiary/aromatic N) is 10. The zero-order valence-electron chi connectivity index (χ0n) is 69.5. The van der Waals surface area contributed by atoms with Crippen molar-refractivity contribution in [1.82, 2.24) is 55.4 Å². The van der Waals surface area contributed by atoms with Crippen molar-refractivity contribution in [2.45, 2.75) is 316 Å². The van der Waals surface area contributed by atoms with Gasteiger partial charge in [-0.1, -0.05) is 273 Å². The molecule has 0 unspecified atom stereocenters. The summed E-state index contributed by atoms with van der Waals surface area (Å²) < 4.78 is 28.8. The van der Waals surface area contributed by atoms with Crippen molar-refractivity contribution in [3.63, 3.8) is 0 Å². The van der Waals surface area contributed by atoms with Gasteiger partial charge in [0.2, 0.25) is 0 Å². The van der Waals surface area contributed by atoms with E-state index in [1.54, 1.807) is 49.8 Å².